The van der Waals surface area contributed by atoms with Gasteiger partial charge in [0.1, 0.15) is 5.54 Å². The summed E-state index contributed by atoms with van der Waals surface area (Å²) < 4.78 is 0. The molecule has 3 N–H and O–H groups in total. The summed E-state index contributed by atoms with van der Waals surface area (Å²) in [6.07, 6.45) is 12.9. The van der Waals surface area contributed by atoms with E-state index in [4.69, 9.17) is 22.3 Å². The van der Waals surface area contributed by atoms with E-state index >= 15 is 0 Å². The first-order valence-electron chi connectivity index (χ1n) is 12.6. The van der Waals surface area contributed by atoms with Crippen LogP contribution in [0.15, 0.2) is 29.3 Å². The lowest BCUT2D eigenvalue weighted by Gasteiger charge is -2.35. The fourth-order valence-corrected chi connectivity index (χ4v) is 6.25. The number of benzene rings is 1. The van der Waals surface area contributed by atoms with Crippen LogP contribution in [0.4, 0.5) is 0 Å². The fourth-order valence-electron chi connectivity index (χ4n) is 6.06. The Labute approximate surface area is 202 Å². The Kier molecular flexibility index (Phi) is 7.62. The van der Waals surface area contributed by atoms with Crippen LogP contribution in [0, 0.1) is 11.8 Å². The summed E-state index contributed by atoms with van der Waals surface area (Å²) in [5.41, 5.74) is 5.96. The van der Waals surface area contributed by atoms with Crippen molar-refractivity contribution in [3.8, 4) is 0 Å². The molecule has 0 saturated heterocycles. The maximum atomic E-state index is 13.3. The van der Waals surface area contributed by atoms with Gasteiger partial charge in [-0.2, -0.15) is 0 Å². The topological polar surface area (TPSA) is 87.8 Å². The van der Waals surface area contributed by atoms with Gasteiger partial charge in [0, 0.05) is 23.7 Å². The zero-order valence-electron chi connectivity index (χ0n) is 19.7. The third-order valence-electron chi connectivity index (χ3n) is 7.90. The Morgan fingerprint density at radius 1 is 1.18 bits per heavy atom. The zero-order valence-corrected chi connectivity index (χ0v) is 20.4. The molecule has 0 aromatic heterocycles. The highest BCUT2D eigenvalue weighted by molar-refractivity contribution is 6.30. The minimum absolute atomic E-state index is 0.0425. The molecule has 6 nitrogen and oxygen atoms in total. The molecule has 1 aliphatic heterocycles. The predicted molar refractivity (Wildman–Crippen MR) is 132 cm³/mol. The lowest BCUT2D eigenvalue weighted by molar-refractivity contribution is -0.131. The molecule has 0 unspecified atom stereocenters. The number of nitrogens with two attached hydrogens (primary N) is 1. The van der Waals surface area contributed by atoms with Gasteiger partial charge in [0.25, 0.3) is 11.8 Å². The average molecular weight is 473 g/mol. The van der Waals surface area contributed by atoms with Crippen LogP contribution in [0.3, 0.4) is 0 Å². The Hall–Kier alpha value is -2.08. The molecule has 33 heavy (non-hydrogen) atoms. The van der Waals surface area contributed by atoms with Crippen LogP contribution in [0.1, 0.15) is 87.4 Å². The summed E-state index contributed by atoms with van der Waals surface area (Å²) in [5.74, 6) is 1.32. The van der Waals surface area contributed by atoms with Crippen molar-refractivity contribution in [1.29, 1.82) is 0 Å². The monoisotopic (exact) mass is 472 g/mol. The molecular formula is C26H37ClN4O2. The van der Waals surface area contributed by atoms with E-state index in [1.54, 1.807) is 31.3 Å². The predicted octanol–water partition coefficient (Wildman–Crippen LogP) is 4.90. The standard InChI is InChI=1S/C26H37ClN4O2/c1-31-24(33)26(30-25(31)28,14-13-18-7-3-2-4-8-18)17-19-9-5-12-22(15-19)29-23(32)20-10-6-11-21(27)16-20/h6,10-11,16,18-19,22H,2-5,7-9,12-15,17H2,1H3,(H2,28,30)(H,29,32)/t19-,22+,26+/m0/s1. The highest BCUT2D eigenvalue weighted by Gasteiger charge is 2.48. The van der Waals surface area contributed by atoms with Crippen LogP contribution in [-0.4, -0.2) is 41.3 Å². The van der Waals surface area contributed by atoms with Crippen molar-refractivity contribution in [2.45, 2.75) is 88.6 Å². The molecule has 0 bridgehead atoms. The van der Waals surface area contributed by atoms with Gasteiger partial charge in [0.2, 0.25) is 0 Å². The Morgan fingerprint density at radius 2 is 1.94 bits per heavy atom. The van der Waals surface area contributed by atoms with Crippen molar-refractivity contribution >= 4 is 29.4 Å². The summed E-state index contributed by atoms with van der Waals surface area (Å²) in [6, 6.07) is 7.14. The molecule has 4 rings (SSSR count). The van der Waals surface area contributed by atoms with Crippen LogP contribution in [0.5, 0.6) is 0 Å². The molecule has 7 heteroatoms. The van der Waals surface area contributed by atoms with Crippen molar-refractivity contribution in [2.24, 2.45) is 22.6 Å². The molecule has 2 saturated carbocycles. The Bertz CT molecular complexity index is 898. The zero-order chi connectivity index (χ0) is 23.4. The first kappa shape index (κ1) is 24.1. The van der Waals surface area contributed by atoms with Crippen LogP contribution in [0.25, 0.3) is 0 Å². The minimum Gasteiger partial charge on any atom is -0.369 e. The highest BCUT2D eigenvalue weighted by atomic mass is 35.5. The van der Waals surface area contributed by atoms with Gasteiger partial charge >= 0.3 is 0 Å². The van der Waals surface area contributed by atoms with Gasteiger partial charge in [0.05, 0.1) is 0 Å². The van der Waals surface area contributed by atoms with E-state index in [9.17, 15) is 9.59 Å². The lowest BCUT2D eigenvalue weighted by atomic mass is 9.74. The van der Waals surface area contributed by atoms with E-state index in [1.807, 2.05) is 0 Å². The summed E-state index contributed by atoms with van der Waals surface area (Å²) in [7, 11) is 1.73. The van der Waals surface area contributed by atoms with E-state index in [2.05, 4.69) is 5.32 Å². The number of halogens is 1. The maximum Gasteiger partial charge on any atom is 0.257 e. The number of rotatable bonds is 7. The van der Waals surface area contributed by atoms with Gasteiger partial charge < -0.3 is 11.1 Å². The van der Waals surface area contributed by atoms with Crippen molar-refractivity contribution in [2.75, 3.05) is 7.05 Å². The molecule has 1 aromatic carbocycles. The van der Waals surface area contributed by atoms with Gasteiger partial charge in [-0.25, -0.2) is 4.99 Å². The molecule has 2 aliphatic carbocycles. The third-order valence-corrected chi connectivity index (χ3v) is 8.13. The summed E-state index contributed by atoms with van der Waals surface area (Å²) in [4.78, 5) is 32.3. The first-order valence-corrected chi connectivity index (χ1v) is 12.9. The number of carbonyl (C=O) groups is 2. The lowest BCUT2D eigenvalue weighted by Crippen LogP contribution is -2.45. The third kappa shape index (κ3) is 5.71. The fraction of sp³-hybridized carbons (Fsp3) is 0.654. The van der Waals surface area contributed by atoms with Gasteiger partial charge in [-0.15, -0.1) is 0 Å². The van der Waals surface area contributed by atoms with Crippen molar-refractivity contribution in [3.63, 3.8) is 0 Å². The number of hydrogen-bond donors (Lipinski definition) is 2. The Balaban J connectivity index is 1.41. The minimum atomic E-state index is -0.736. The average Bonchev–Trinajstić information content (AvgIpc) is 3.02. The number of carbonyl (C=O) groups excluding carboxylic acids is 2. The molecule has 2 fully saturated rings. The van der Waals surface area contributed by atoms with Crippen molar-refractivity contribution in [1.82, 2.24) is 10.2 Å². The maximum absolute atomic E-state index is 13.3. The molecule has 1 heterocycles. The number of likely N-dealkylation sites (N-methyl/N-ethyl adjacent to an activating group) is 1. The molecule has 180 valence electrons. The quantitative estimate of drug-likeness (QED) is 0.591. The molecule has 1 aromatic rings. The van der Waals surface area contributed by atoms with Gasteiger partial charge in [-0.05, 0) is 62.1 Å². The Morgan fingerprint density at radius 3 is 2.64 bits per heavy atom. The summed E-state index contributed by atoms with van der Waals surface area (Å²) in [6.45, 7) is 0. The normalized spacial score (nSPS) is 28.6. The van der Waals surface area contributed by atoms with E-state index in [0.717, 1.165) is 38.5 Å². The van der Waals surface area contributed by atoms with Crippen molar-refractivity contribution in [3.05, 3.63) is 34.9 Å². The smallest absolute Gasteiger partial charge is 0.257 e. The van der Waals surface area contributed by atoms with E-state index < -0.39 is 5.54 Å². The van der Waals surface area contributed by atoms with Crippen LogP contribution in [0.2, 0.25) is 5.02 Å². The van der Waals surface area contributed by atoms with Gasteiger partial charge in [-0.3, -0.25) is 14.5 Å². The number of aliphatic imine (C=N–C) groups is 1. The van der Waals surface area contributed by atoms with E-state index in [1.165, 1.54) is 37.0 Å². The van der Waals surface area contributed by atoms with Crippen LogP contribution >= 0.6 is 11.6 Å². The van der Waals surface area contributed by atoms with Gasteiger partial charge in [-0.1, -0.05) is 62.6 Å². The molecule has 3 aliphatic rings. The van der Waals surface area contributed by atoms with E-state index in [0.29, 0.717) is 34.8 Å². The number of nitrogens with zero attached hydrogens (tertiary/aromatic N) is 2. The SMILES string of the molecule is CN1C(=O)[C@@](CCC2CCCCC2)(C[C@H]2CCC[C@@H](NC(=O)c3cccc(Cl)c3)C2)N=C1N. The number of guanidine groups is 1. The number of amides is 2. The molecule has 3 atom stereocenters. The largest absolute Gasteiger partial charge is 0.369 e. The molecule has 0 radical (unpaired) electrons. The van der Waals surface area contributed by atoms with Crippen molar-refractivity contribution < 1.29 is 9.59 Å². The summed E-state index contributed by atoms with van der Waals surface area (Å²) in [5, 5.41) is 3.75. The first-order chi connectivity index (χ1) is 15.9. The number of hydrogen-bond acceptors (Lipinski definition) is 4. The number of nitrogens with one attached hydrogen (secondary N) is 1. The second-order valence-corrected chi connectivity index (χ2v) is 10.8. The second kappa shape index (κ2) is 10.5. The highest BCUT2D eigenvalue weighted by Crippen LogP contribution is 2.40. The molecule has 2 amide bonds. The molecular weight excluding hydrogens is 436 g/mol. The van der Waals surface area contributed by atoms with E-state index in [-0.39, 0.29) is 17.9 Å². The van der Waals surface area contributed by atoms with Crippen LogP contribution < -0.4 is 11.1 Å². The molecule has 0 spiro atoms. The second-order valence-electron chi connectivity index (χ2n) is 10.3. The van der Waals surface area contributed by atoms with Crippen LogP contribution in [-0.2, 0) is 4.79 Å². The van der Waals surface area contributed by atoms with Gasteiger partial charge in [0.15, 0.2) is 5.96 Å². The summed E-state index contributed by atoms with van der Waals surface area (Å²) >= 11 is 6.05.